The molecule has 1 saturated carbocycles. The Morgan fingerprint density at radius 1 is 0.840 bits per heavy atom. The van der Waals surface area contributed by atoms with Crippen molar-refractivity contribution in [1.29, 1.82) is 0 Å². The normalized spacial score (nSPS) is 20.9. The van der Waals surface area contributed by atoms with Crippen LogP contribution in [0.4, 0.5) is 0 Å². The predicted octanol–water partition coefficient (Wildman–Crippen LogP) is 7.41. The SMILES string of the molecule is CCc1ccc(-c2ccc(CC[C@H]3CC[C@H](/C=C/Cl)CC3)cc2)cc1. The minimum Gasteiger partial charge on any atom is -0.0933 e. The Kier molecular flexibility index (Phi) is 6.76. The fourth-order valence-corrected chi connectivity index (χ4v) is 4.15. The summed E-state index contributed by atoms with van der Waals surface area (Å²) >= 11 is 5.70. The number of aryl methyl sites for hydroxylation is 2. The summed E-state index contributed by atoms with van der Waals surface area (Å²) in [6.45, 7) is 2.20. The van der Waals surface area contributed by atoms with Crippen molar-refractivity contribution in [3.8, 4) is 11.1 Å². The molecule has 0 aliphatic heterocycles. The number of hydrogen-bond acceptors (Lipinski definition) is 0. The summed E-state index contributed by atoms with van der Waals surface area (Å²) in [6, 6.07) is 18.1. The van der Waals surface area contributed by atoms with Crippen LogP contribution in [-0.2, 0) is 12.8 Å². The smallest absolute Gasteiger partial charge is 0.000525 e. The lowest BCUT2D eigenvalue weighted by molar-refractivity contribution is 0.296. The largest absolute Gasteiger partial charge is 0.0933 e. The Morgan fingerprint density at radius 3 is 1.92 bits per heavy atom. The van der Waals surface area contributed by atoms with Gasteiger partial charge in [-0.1, -0.05) is 73.1 Å². The first-order valence-corrected chi connectivity index (χ1v) is 10.2. The van der Waals surface area contributed by atoms with Gasteiger partial charge in [0, 0.05) is 5.54 Å². The molecule has 0 aromatic heterocycles. The summed E-state index contributed by atoms with van der Waals surface area (Å²) in [5, 5.41) is 0. The van der Waals surface area contributed by atoms with Crippen molar-refractivity contribution >= 4 is 11.6 Å². The number of allylic oxidation sites excluding steroid dienone is 1. The molecule has 25 heavy (non-hydrogen) atoms. The van der Waals surface area contributed by atoms with Crippen molar-refractivity contribution < 1.29 is 0 Å². The topological polar surface area (TPSA) is 0 Å². The van der Waals surface area contributed by atoms with Crippen LogP contribution in [0.25, 0.3) is 11.1 Å². The summed E-state index contributed by atoms with van der Waals surface area (Å²) in [5.41, 5.74) is 7.20. The van der Waals surface area contributed by atoms with E-state index < -0.39 is 0 Å². The van der Waals surface area contributed by atoms with E-state index in [0.717, 1.165) is 12.3 Å². The summed E-state index contributed by atoms with van der Waals surface area (Å²) in [6.07, 6.45) is 11.1. The van der Waals surface area contributed by atoms with Crippen LogP contribution in [0.3, 0.4) is 0 Å². The highest BCUT2D eigenvalue weighted by atomic mass is 35.5. The van der Waals surface area contributed by atoms with Gasteiger partial charge in [-0.15, -0.1) is 0 Å². The van der Waals surface area contributed by atoms with Crippen molar-refractivity contribution in [3.05, 3.63) is 71.3 Å². The average Bonchev–Trinajstić information content (AvgIpc) is 2.68. The summed E-state index contributed by atoms with van der Waals surface area (Å²) in [5.74, 6) is 1.60. The van der Waals surface area contributed by atoms with E-state index in [2.05, 4.69) is 61.5 Å². The molecule has 0 saturated heterocycles. The lowest BCUT2D eigenvalue weighted by atomic mass is 9.79. The zero-order valence-electron chi connectivity index (χ0n) is 15.3. The second-order valence-electron chi connectivity index (χ2n) is 7.39. The fourth-order valence-electron chi connectivity index (χ4n) is 3.94. The molecule has 1 aliphatic rings. The van der Waals surface area contributed by atoms with Crippen LogP contribution >= 0.6 is 11.6 Å². The zero-order valence-corrected chi connectivity index (χ0v) is 16.0. The molecule has 0 radical (unpaired) electrons. The summed E-state index contributed by atoms with van der Waals surface area (Å²) < 4.78 is 0. The van der Waals surface area contributed by atoms with Gasteiger partial charge in [0.05, 0.1) is 0 Å². The van der Waals surface area contributed by atoms with Crippen LogP contribution < -0.4 is 0 Å². The molecule has 0 N–H and O–H groups in total. The van der Waals surface area contributed by atoms with E-state index in [-0.39, 0.29) is 0 Å². The number of benzene rings is 2. The van der Waals surface area contributed by atoms with Crippen LogP contribution in [0.1, 0.15) is 50.2 Å². The van der Waals surface area contributed by atoms with E-state index in [1.165, 1.54) is 60.8 Å². The number of hydrogen-bond donors (Lipinski definition) is 0. The molecular formula is C24H29Cl. The molecule has 132 valence electrons. The Hall–Kier alpha value is -1.53. The molecule has 0 nitrogen and oxygen atoms in total. The average molecular weight is 353 g/mol. The van der Waals surface area contributed by atoms with Crippen molar-refractivity contribution in [1.82, 2.24) is 0 Å². The third-order valence-electron chi connectivity index (χ3n) is 5.73. The van der Waals surface area contributed by atoms with Crippen molar-refractivity contribution in [2.75, 3.05) is 0 Å². The van der Waals surface area contributed by atoms with Gasteiger partial charge in [-0.05, 0) is 79.0 Å². The van der Waals surface area contributed by atoms with Gasteiger partial charge in [0.2, 0.25) is 0 Å². The van der Waals surface area contributed by atoms with Crippen LogP contribution in [0, 0.1) is 11.8 Å². The molecule has 3 rings (SSSR count). The van der Waals surface area contributed by atoms with E-state index in [9.17, 15) is 0 Å². The highest BCUT2D eigenvalue weighted by Gasteiger charge is 2.19. The van der Waals surface area contributed by atoms with E-state index >= 15 is 0 Å². The van der Waals surface area contributed by atoms with Gasteiger partial charge in [-0.25, -0.2) is 0 Å². The van der Waals surface area contributed by atoms with E-state index in [1.807, 2.05) is 0 Å². The Balaban J connectivity index is 1.51. The quantitative estimate of drug-likeness (QED) is 0.507. The molecule has 0 spiro atoms. The second kappa shape index (κ2) is 9.25. The highest BCUT2D eigenvalue weighted by molar-refractivity contribution is 6.25. The van der Waals surface area contributed by atoms with Crippen molar-refractivity contribution in [2.45, 2.75) is 51.9 Å². The van der Waals surface area contributed by atoms with Crippen LogP contribution in [0.15, 0.2) is 60.1 Å². The summed E-state index contributed by atoms with van der Waals surface area (Å²) in [7, 11) is 0. The fraction of sp³-hybridized carbons (Fsp3) is 0.417. The van der Waals surface area contributed by atoms with Gasteiger partial charge in [-0.3, -0.25) is 0 Å². The zero-order chi connectivity index (χ0) is 17.5. The molecular weight excluding hydrogens is 324 g/mol. The molecule has 0 bridgehead atoms. The molecule has 1 fully saturated rings. The third kappa shape index (κ3) is 5.22. The van der Waals surface area contributed by atoms with Gasteiger partial charge in [0.15, 0.2) is 0 Å². The second-order valence-corrected chi connectivity index (χ2v) is 7.64. The maximum Gasteiger partial charge on any atom is 0.000525 e. The maximum absolute atomic E-state index is 5.70. The van der Waals surface area contributed by atoms with E-state index in [1.54, 1.807) is 5.54 Å². The lowest BCUT2D eigenvalue weighted by Gasteiger charge is -2.26. The van der Waals surface area contributed by atoms with E-state index in [4.69, 9.17) is 11.6 Å². The Morgan fingerprint density at radius 2 is 1.40 bits per heavy atom. The molecule has 0 heterocycles. The molecule has 0 unspecified atom stereocenters. The van der Waals surface area contributed by atoms with Crippen LogP contribution in [0.5, 0.6) is 0 Å². The molecule has 1 heteroatoms. The van der Waals surface area contributed by atoms with Crippen molar-refractivity contribution in [3.63, 3.8) is 0 Å². The molecule has 0 atom stereocenters. The Bertz CT molecular complexity index is 658. The van der Waals surface area contributed by atoms with Gasteiger partial charge in [-0.2, -0.15) is 0 Å². The lowest BCUT2D eigenvalue weighted by Crippen LogP contribution is -2.13. The first kappa shape index (κ1) is 18.3. The van der Waals surface area contributed by atoms with Crippen LogP contribution in [0.2, 0.25) is 0 Å². The molecule has 2 aromatic carbocycles. The van der Waals surface area contributed by atoms with Gasteiger partial charge in [0.1, 0.15) is 0 Å². The van der Waals surface area contributed by atoms with Gasteiger partial charge in [0.25, 0.3) is 0 Å². The Labute approximate surface area is 157 Å². The first-order chi connectivity index (χ1) is 12.3. The molecule has 1 aliphatic carbocycles. The van der Waals surface area contributed by atoms with Crippen molar-refractivity contribution in [2.24, 2.45) is 11.8 Å². The maximum atomic E-state index is 5.70. The highest BCUT2D eigenvalue weighted by Crippen LogP contribution is 2.32. The minimum absolute atomic E-state index is 0.715. The van der Waals surface area contributed by atoms with Gasteiger partial charge >= 0.3 is 0 Å². The van der Waals surface area contributed by atoms with Gasteiger partial charge < -0.3 is 0 Å². The monoisotopic (exact) mass is 352 g/mol. The number of halogens is 1. The minimum atomic E-state index is 0.715. The van der Waals surface area contributed by atoms with Crippen LogP contribution in [-0.4, -0.2) is 0 Å². The third-order valence-corrected chi connectivity index (χ3v) is 5.87. The summed E-state index contributed by atoms with van der Waals surface area (Å²) in [4.78, 5) is 0. The standard InChI is InChI=1S/C24H29Cl/c1-2-19-9-13-23(14-10-19)24-15-11-21(12-16-24)4-3-20-5-7-22(8-6-20)17-18-25/h9-18,20,22H,2-8H2,1H3/b18-17+/t20-,22-. The molecule has 0 amide bonds. The van der Waals surface area contributed by atoms with E-state index in [0.29, 0.717) is 5.92 Å². The first-order valence-electron chi connectivity index (χ1n) is 9.73. The predicted molar refractivity (Wildman–Crippen MR) is 110 cm³/mol. The molecule has 2 aromatic rings. The number of rotatable bonds is 6.